The number of aromatic amines is 2. The number of H-pyrrole nitrogens is 2. The van der Waals surface area contributed by atoms with E-state index in [1.165, 1.54) is 0 Å². The molecule has 5 nitrogen and oxygen atoms in total. The maximum atomic E-state index is 13.5. The van der Waals surface area contributed by atoms with Crippen molar-refractivity contribution >= 4 is 5.69 Å². The first-order valence-corrected chi connectivity index (χ1v) is 7.00. The summed E-state index contributed by atoms with van der Waals surface area (Å²) in [6, 6.07) is 9.54. The number of hydrogen-bond acceptors (Lipinski definition) is 2. The molecular formula is C16H12F3N3O2. The monoisotopic (exact) mass is 335 g/mol. The molecule has 8 heteroatoms. The molecule has 0 saturated heterocycles. The molecule has 124 valence electrons. The number of hydrogen-bond donors (Lipinski definition) is 2. The third kappa shape index (κ3) is 2.90. The molecular weight excluding hydrogens is 323 g/mol. The molecule has 0 atom stereocenters. The molecule has 0 unspecified atom stereocenters. The lowest BCUT2D eigenvalue weighted by molar-refractivity contribution is -0.385. The van der Waals surface area contributed by atoms with Gasteiger partial charge in [-0.05, 0) is 29.8 Å². The van der Waals surface area contributed by atoms with Crippen molar-refractivity contribution in [3.63, 3.8) is 0 Å². The van der Waals surface area contributed by atoms with E-state index in [9.17, 15) is 23.3 Å². The van der Waals surface area contributed by atoms with E-state index in [1.54, 1.807) is 36.7 Å². The lowest BCUT2D eigenvalue weighted by Gasteiger charge is -2.20. The van der Waals surface area contributed by atoms with Gasteiger partial charge in [0.25, 0.3) is 5.69 Å². The molecule has 0 aliphatic heterocycles. The summed E-state index contributed by atoms with van der Waals surface area (Å²) in [5, 5.41) is 10.8. The smallest absolute Gasteiger partial charge is 0.364 e. The molecule has 24 heavy (non-hydrogen) atoms. The van der Waals surface area contributed by atoms with Gasteiger partial charge in [0.1, 0.15) is 0 Å². The van der Waals surface area contributed by atoms with Gasteiger partial charge in [0.05, 0.1) is 16.4 Å². The summed E-state index contributed by atoms with van der Waals surface area (Å²) >= 11 is 0. The molecule has 0 aliphatic carbocycles. The van der Waals surface area contributed by atoms with Crippen LogP contribution in [0.5, 0.6) is 0 Å². The van der Waals surface area contributed by atoms with Crippen molar-refractivity contribution in [2.45, 2.75) is 12.1 Å². The molecule has 2 aromatic heterocycles. The molecule has 0 spiro atoms. The zero-order valence-corrected chi connectivity index (χ0v) is 12.2. The molecule has 2 N–H and O–H groups in total. The molecule has 0 radical (unpaired) electrons. The molecule has 0 aliphatic rings. The summed E-state index contributed by atoms with van der Waals surface area (Å²) in [5.41, 5.74) is -0.569. The fourth-order valence-electron chi connectivity index (χ4n) is 2.71. The fourth-order valence-corrected chi connectivity index (χ4v) is 2.71. The van der Waals surface area contributed by atoms with Gasteiger partial charge in [0.2, 0.25) is 0 Å². The van der Waals surface area contributed by atoms with Gasteiger partial charge in [0, 0.05) is 35.9 Å². The summed E-state index contributed by atoms with van der Waals surface area (Å²) in [6.45, 7) is 0. The molecule has 2 heterocycles. The number of aromatic nitrogens is 2. The van der Waals surface area contributed by atoms with E-state index in [2.05, 4.69) is 9.97 Å². The third-order valence-corrected chi connectivity index (χ3v) is 3.73. The average molecular weight is 335 g/mol. The Morgan fingerprint density at radius 1 is 1.00 bits per heavy atom. The maximum absolute atomic E-state index is 13.5. The van der Waals surface area contributed by atoms with Crippen LogP contribution in [-0.4, -0.2) is 14.9 Å². The second kappa shape index (κ2) is 5.88. The van der Waals surface area contributed by atoms with Crippen molar-refractivity contribution in [3.05, 3.63) is 87.5 Å². The summed E-state index contributed by atoms with van der Waals surface area (Å²) < 4.78 is 40.5. The van der Waals surface area contributed by atoms with Gasteiger partial charge in [-0.3, -0.25) is 10.1 Å². The van der Waals surface area contributed by atoms with Crippen LogP contribution >= 0.6 is 0 Å². The van der Waals surface area contributed by atoms with Crippen LogP contribution in [0.15, 0.2) is 54.9 Å². The van der Waals surface area contributed by atoms with Crippen molar-refractivity contribution in [3.8, 4) is 0 Å². The number of non-ortho nitro benzene ring substituents is 1. The van der Waals surface area contributed by atoms with Crippen LogP contribution < -0.4 is 0 Å². The summed E-state index contributed by atoms with van der Waals surface area (Å²) in [7, 11) is 0. The Hall–Kier alpha value is -3.03. The molecule has 1 aromatic carbocycles. The van der Waals surface area contributed by atoms with Crippen molar-refractivity contribution in [1.82, 2.24) is 9.97 Å². The van der Waals surface area contributed by atoms with Crippen LogP contribution in [0.4, 0.5) is 18.9 Å². The Kier molecular flexibility index (Phi) is 3.88. The van der Waals surface area contributed by atoms with Crippen molar-refractivity contribution in [1.29, 1.82) is 0 Å². The Labute approximate surface area is 134 Å². The van der Waals surface area contributed by atoms with Crippen LogP contribution in [0.1, 0.15) is 28.4 Å². The number of nitro groups is 1. The van der Waals surface area contributed by atoms with E-state index in [0.717, 1.165) is 12.1 Å². The van der Waals surface area contributed by atoms with Crippen LogP contribution in [0.25, 0.3) is 0 Å². The van der Waals surface area contributed by atoms with Gasteiger partial charge in [-0.25, -0.2) is 0 Å². The predicted octanol–water partition coefficient (Wildman–Crippen LogP) is 4.45. The van der Waals surface area contributed by atoms with Crippen LogP contribution in [0.2, 0.25) is 0 Å². The normalized spacial score (nSPS) is 11.8. The van der Waals surface area contributed by atoms with E-state index in [0.29, 0.717) is 17.5 Å². The van der Waals surface area contributed by atoms with Gasteiger partial charge < -0.3 is 9.97 Å². The summed E-state index contributed by atoms with van der Waals surface area (Å²) in [6.07, 6.45) is -1.48. The van der Waals surface area contributed by atoms with Crippen molar-refractivity contribution in [2.24, 2.45) is 0 Å². The van der Waals surface area contributed by atoms with E-state index in [4.69, 9.17) is 0 Å². The topological polar surface area (TPSA) is 74.7 Å². The van der Waals surface area contributed by atoms with Gasteiger partial charge in [-0.1, -0.05) is 6.07 Å². The van der Waals surface area contributed by atoms with E-state index in [1.807, 2.05) is 0 Å². The van der Waals surface area contributed by atoms with E-state index in [-0.39, 0.29) is 5.56 Å². The molecule has 3 rings (SSSR count). The third-order valence-electron chi connectivity index (χ3n) is 3.73. The highest BCUT2D eigenvalue weighted by molar-refractivity contribution is 5.48. The summed E-state index contributed by atoms with van der Waals surface area (Å²) in [5.74, 6) is -0.743. The van der Waals surface area contributed by atoms with Gasteiger partial charge in [0.15, 0.2) is 0 Å². The number of benzene rings is 1. The Bertz CT molecular complexity index is 806. The quantitative estimate of drug-likeness (QED) is 0.546. The Morgan fingerprint density at radius 2 is 1.58 bits per heavy atom. The molecule has 3 aromatic rings. The minimum absolute atomic E-state index is 0.0574. The fraction of sp³-hybridized carbons (Fsp3) is 0.125. The average Bonchev–Trinajstić information content (AvgIpc) is 3.20. The zero-order valence-electron chi connectivity index (χ0n) is 12.2. The zero-order chi connectivity index (χ0) is 17.3. The van der Waals surface area contributed by atoms with Crippen LogP contribution in [-0.2, 0) is 6.18 Å². The largest absolute Gasteiger partial charge is 0.416 e. The van der Waals surface area contributed by atoms with Gasteiger partial charge in [-0.2, -0.15) is 13.2 Å². The number of nitrogens with one attached hydrogen (secondary N) is 2. The first-order valence-electron chi connectivity index (χ1n) is 7.00. The molecule has 0 bridgehead atoms. The Balaban J connectivity index is 2.23. The van der Waals surface area contributed by atoms with Crippen molar-refractivity contribution < 1.29 is 18.1 Å². The molecule has 0 fully saturated rings. The van der Waals surface area contributed by atoms with Gasteiger partial charge >= 0.3 is 6.18 Å². The first-order chi connectivity index (χ1) is 11.4. The van der Waals surface area contributed by atoms with E-state index >= 15 is 0 Å². The predicted molar refractivity (Wildman–Crippen MR) is 80.6 cm³/mol. The molecule has 0 saturated carbocycles. The highest BCUT2D eigenvalue weighted by Gasteiger charge is 2.38. The minimum atomic E-state index is -4.71. The number of halogens is 3. The summed E-state index contributed by atoms with van der Waals surface area (Å²) in [4.78, 5) is 15.8. The van der Waals surface area contributed by atoms with Crippen molar-refractivity contribution in [2.75, 3.05) is 0 Å². The Morgan fingerprint density at radius 3 is 2.00 bits per heavy atom. The lowest BCUT2D eigenvalue weighted by Crippen LogP contribution is -2.15. The number of nitrogens with zero attached hydrogens (tertiary/aromatic N) is 1. The SMILES string of the molecule is O=[N+]([O-])c1ccc(C(c2ccc[nH]2)c2ccc[nH]2)c(C(F)(F)F)c1. The number of rotatable bonds is 4. The van der Waals surface area contributed by atoms with E-state index < -0.39 is 28.3 Å². The number of nitro benzene ring substituents is 1. The minimum Gasteiger partial charge on any atom is -0.364 e. The van der Waals surface area contributed by atoms with Gasteiger partial charge in [-0.15, -0.1) is 0 Å². The first kappa shape index (κ1) is 15.9. The highest BCUT2D eigenvalue weighted by atomic mass is 19.4. The second-order valence-electron chi connectivity index (χ2n) is 5.21. The lowest BCUT2D eigenvalue weighted by atomic mass is 9.88. The highest BCUT2D eigenvalue weighted by Crippen LogP contribution is 2.41. The maximum Gasteiger partial charge on any atom is 0.416 e. The van der Waals surface area contributed by atoms with Crippen LogP contribution in [0.3, 0.4) is 0 Å². The van der Waals surface area contributed by atoms with Crippen LogP contribution in [0, 0.1) is 10.1 Å². The molecule has 0 amide bonds. The second-order valence-corrected chi connectivity index (χ2v) is 5.21. The number of alkyl halides is 3. The standard InChI is InChI=1S/C16H12F3N3O2/c17-16(18,19)12-9-10(22(23)24)5-6-11(12)15(13-3-1-7-20-13)14-4-2-8-21-14/h1-9,15,20-21H.